The summed E-state index contributed by atoms with van der Waals surface area (Å²) in [5.74, 6) is 1.69. The van der Waals surface area contributed by atoms with E-state index < -0.39 is 0 Å². The van der Waals surface area contributed by atoms with Gasteiger partial charge in [0.05, 0.1) is 0 Å². The molecule has 15 heavy (non-hydrogen) atoms. The molecule has 0 radical (unpaired) electrons. The van der Waals surface area contributed by atoms with E-state index in [-0.39, 0.29) is 0 Å². The summed E-state index contributed by atoms with van der Waals surface area (Å²) in [5, 5.41) is 3.77. The van der Waals surface area contributed by atoms with Crippen LogP contribution < -0.4 is 5.32 Å². The van der Waals surface area contributed by atoms with Crippen molar-refractivity contribution in [2.24, 2.45) is 11.8 Å². The van der Waals surface area contributed by atoms with Crippen LogP contribution in [0.3, 0.4) is 0 Å². The van der Waals surface area contributed by atoms with Gasteiger partial charge in [-0.15, -0.1) is 0 Å². The number of hydrogen-bond donors (Lipinski definition) is 1. The van der Waals surface area contributed by atoms with Gasteiger partial charge in [-0.3, -0.25) is 0 Å². The lowest BCUT2D eigenvalue weighted by Crippen LogP contribution is -2.32. The quantitative estimate of drug-likeness (QED) is 0.698. The fourth-order valence-electron chi connectivity index (χ4n) is 3.31. The number of nitrogens with one attached hydrogen (secondary N) is 1. The van der Waals surface area contributed by atoms with Crippen molar-refractivity contribution < 1.29 is 0 Å². The van der Waals surface area contributed by atoms with E-state index in [1.54, 1.807) is 5.57 Å². The van der Waals surface area contributed by atoms with Crippen LogP contribution in [0, 0.1) is 11.8 Å². The molecule has 0 bridgehead atoms. The summed E-state index contributed by atoms with van der Waals surface area (Å²) in [4.78, 5) is 0. The highest BCUT2D eigenvalue weighted by Crippen LogP contribution is 2.28. The summed E-state index contributed by atoms with van der Waals surface area (Å²) >= 11 is 0. The van der Waals surface area contributed by atoms with E-state index in [2.05, 4.69) is 25.2 Å². The maximum atomic E-state index is 3.77. The van der Waals surface area contributed by atoms with Gasteiger partial charge < -0.3 is 5.32 Å². The summed E-state index contributed by atoms with van der Waals surface area (Å²) in [6.45, 7) is 5.89. The molecule has 0 aromatic carbocycles. The molecule has 0 aromatic rings. The van der Waals surface area contributed by atoms with Crippen LogP contribution in [0.5, 0.6) is 0 Å². The lowest BCUT2D eigenvalue weighted by molar-refractivity contribution is 0.360. The molecule has 2 unspecified atom stereocenters. The average molecular weight is 207 g/mol. The first-order valence-corrected chi connectivity index (χ1v) is 6.64. The molecule has 86 valence electrons. The van der Waals surface area contributed by atoms with Crippen LogP contribution in [-0.4, -0.2) is 12.6 Å². The Morgan fingerprint density at radius 2 is 2.07 bits per heavy atom. The van der Waals surface area contributed by atoms with Crippen molar-refractivity contribution >= 4 is 0 Å². The van der Waals surface area contributed by atoms with Crippen molar-refractivity contribution in [1.82, 2.24) is 5.32 Å². The monoisotopic (exact) mass is 207 g/mol. The first-order chi connectivity index (χ1) is 7.24. The van der Waals surface area contributed by atoms with E-state index in [9.17, 15) is 0 Å². The maximum Gasteiger partial charge on any atom is 0.00671 e. The fourth-order valence-corrected chi connectivity index (χ4v) is 3.31. The van der Waals surface area contributed by atoms with Crippen molar-refractivity contribution in [2.45, 2.75) is 58.4 Å². The maximum absolute atomic E-state index is 3.77. The van der Waals surface area contributed by atoms with Crippen LogP contribution in [0.1, 0.15) is 52.4 Å². The molecule has 2 rings (SSSR count). The van der Waals surface area contributed by atoms with Crippen LogP contribution in [-0.2, 0) is 0 Å². The van der Waals surface area contributed by atoms with Crippen LogP contribution in [0.4, 0.5) is 0 Å². The van der Waals surface area contributed by atoms with Gasteiger partial charge >= 0.3 is 0 Å². The van der Waals surface area contributed by atoms with Crippen molar-refractivity contribution in [3.63, 3.8) is 0 Å². The SMILES string of the molecule is CC1=CC(C)CC(CNC2CCCC2)C1. The van der Waals surface area contributed by atoms with E-state index in [4.69, 9.17) is 0 Å². The number of allylic oxidation sites excluding steroid dienone is 2. The van der Waals surface area contributed by atoms with Gasteiger partial charge in [0.15, 0.2) is 0 Å². The zero-order valence-electron chi connectivity index (χ0n) is 10.3. The molecule has 1 heteroatoms. The summed E-state index contributed by atoms with van der Waals surface area (Å²) in [6.07, 6.45) is 10.9. The third-order valence-electron chi connectivity index (χ3n) is 3.94. The third kappa shape index (κ3) is 3.34. The van der Waals surface area contributed by atoms with Gasteiger partial charge in [-0.1, -0.05) is 31.4 Å². The first-order valence-electron chi connectivity index (χ1n) is 6.64. The molecule has 1 saturated carbocycles. The molecular weight excluding hydrogens is 182 g/mol. The van der Waals surface area contributed by atoms with Crippen molar-refractivity contribution in [3.05, 3.63) is 11.6 Å². The molecule has 0 spiro atoms. The predicted octanol–water partition coefficient (Wildman–Crippen LogP) is 3.51. The van der Waals surface area contributed by atoms with Crippen LogP contribution in [0.2, 0.25) is 0 Å². The Hall–Kier alpha value is -0.300. The Bertz CT molecular complexity index is 225. The minimum absolute atomic E-state index is 0.800. The molecule has 1 fully saturated rings. The van der Waals surface area contributed by atoms with Crippen LogP contribution >= 0.6 is 0 Å². The Balaban J connectivity index is 1.73. The van der Waals surface area contributed by atoms with Gasteiger partial charge in [0.25, 0.3) is 0 Å². The lowest BCUT2D eigenvalue weighted by atomic mass is 9.83. The van der Waals surface area contributed by atoms with E-state index >= 15 is 0 Å². The molecule has 2 aliphatic carbocycles. The molecule has 1 nitrogen and oxygen atoms in total. The molecule has 2 aliphatic rings. The van der Waals surface area contributed by atoms with Crippen molar-refractivity contribution in [1.29, 1.82) is 0 Å². The Morgan fingerprint density at radius 1 is 1.33 bits per heavy atom. The van der Waals surface area contributed by atoms with Gasteiger partial charge in [-0.05, 0) is 51.0 Å². The predicted molar refractivity (Wildman–Crippen MR) is 65.9 cm³/mol. The second-order valence-corrected chi connectivity index (χ2v) is 5.69. The summed E-state index contributed by atoms with van der Waals surface area (Å²) < 4.78 is 0. The minimum Gasteiger partial charge on any atom is -0.314 e. The lowest BCUT2D eigenvalue weighted by Gasteiger charge is -2.27. The molecule has 0 heterocycles. The second-order valence-electron chi connectivity index (χ2n) is 5.69. The number of hydrogen-bond acceptors (Lipinski definition) is 1. The van der Waals surface area contributed by atoms with E-state index in [1.807, 2.05) is 0 Å². The van der Waals surface area contributed by atoms with Gasteiger partial charge in [-0.2, -0.15) is 0 Å². The summed E-state index contributed by atoms with van der Waals surface area (Å²) in [6, 6.07) is 0.839. The van der Waals surface area contributed by atoms with E-state index in [1.165, 1.54) is 45.1 Å². The fraction of sp³-hybridized carbons (Fsp3) is 0.857. The molecule has 0 aromatic heterocycles. The van der Waals surface area contributed by atoms with Crippen LogP contribution in [0.25, 0.3) is 0 Å². The van der Waals surface area contributed by atoms with Gasteiger partial charge in [0.2, 0.25) is 0 Å². The molecule has 1 N–H and O–H groups in total. The minimum atomic E-state index is 0.800. The van der Waals surface area contributed by atoms with Gasteiger partial charge in [-0.25, -0.2) is 0 Å². The topological polar surface area (TPSA) is 12.0 Å². The highest BCUT2D eigenvalue weighted by atomic mass is 14.9. The molecular formula is C14H25N. The smallest absolute Gasteiger partial charge is 0.00671 e. The van der Waals surface area contributed by atoms with Gasteiger partial charge in [0.1, 0.15) is 0 Å². The molecule has 0 aliphatic heterocycles. The highest BCUT2D eigenvalue weighted by molar-refractivity contribution is 5.06. The second kappa shape index (κ2) is 5.16. The van der Waals surface area contributed by atoms with E-state index in [0.717, 1.165) is 17.9 Å². The Morgan fingerprint density at radius 3 is 2.73 bits per heavy atom. The Kier molecular flexibility index (Phi) is 3.85. The van der Waals surface area contributed by atoms with Gasteiger partial charge in [0, 0.05) is 6.04 Å². The third-order valence-corrected chi connectivity index (χ3v) is 3.94. The average Bonchev–Trinajstić information content (AvgIpc) is 2.65. The summed E-state index contributed by atoms with van der Waals surface area (Å²) in [7, 11) is 0. The Labute approximate surface area is 94.3 Å². The molecule has 0 saturated heterocycles. The van der Waals surface area contributed by atoms with Crippen LogP contribution in [0.15, 0.2) is 11.6 Å². The van der Waals surface area contributed by atoms with E-state index in [0.29, 0.717) is 0 Å². The van der Waals surface area contributed by atoms with Crippen molar-refractivity contribution in [3.8, 4) is 0 Å². The first kappa shape index (κ1) is 11.2. The highest BCUT2D eigenvalue weighted by Gasteiger charge is 2.20. The number of rotatable bonds is 3. The molecule has 2 atom stereocenters. The van der Waals surface area contributed by atoms with Crippen molar-refractivity contribution in [2.75, 3.05) is 6.54 Å². The zero-order valence-corrected chi connectivity index (χ0v) is 10.3. The molecule has 0 amide bonds. The zero-order chi connectivity index (χ0) is 10.7. The summed E-state index contributed by atoms with van der Waals surface area (Å²) in [5.41, 5.74) is 1.60. The largest absolute Gasteiger partial charge is 0.314 e. The standard InChI is InChI=1S/C14H25N/c1-11-7-12(2)9-13(8-11)10-15-14-5-3-4-6-14/h7,11,13-15H,3-6,8-10H2,1-2H3. The normalized spacial score (nSPS) is 33.1.